The number of nitrogens with zero attached hydrogens (tertiary/aromatic N) is 3. The Balaban J connectivity index is 1.90. The number of nitrogens with one attached hydrogen (secondary N) is 1. The number of carbonyl (C=O) groups is 2. The summed E-state index contributed by atoms with van der Waals surface area (Å²) in [5.41, 5.74) is 2.17. The molecule has 1 aliphatic carbocycles. The summed E-state index contributed by atoms with van der Waals surface area (Å²) in [5, 5.41) is 2.96. The third kappa shape index (κ3) is 3.87. The number of amides is 2. The Kier molecular flexibility index (Phi) is 4.67. The van der Waals surface area contributed by atoms with Crippen LogP contribution in [0.1, 0.15) is 23.5 Å². The average molecular weight is 288 g/mol. The molecular formula is C15H20N4O2. The third-order valence-electron chi connectivity index (χ3n) is 3.57. The SMILES string of the molecule is C=CC(=O)N(C)CC(=O)NC1CCc2nc(C)ncc2C1. The summed E-state index contributed by atoms with van der Waals surface area (Å²) in [7, 11) is 1.58. The van der Waals surface area contributed by atoms with Crippen LogP contribution in [0.5, 0.6) is 0 Å². The lowest BCUT2D eigenvalue weighted by Crippen LogP contribution is -2.44. The second-order valence-corrected chi connectivity index (χ2v) is 5.29. The second-order valence-electron chi connectivity index (χ2n) is 5.29. The molecule has 0 bridgehead atoms. The van der Waals surface area contributed by atoms with Gasteiger partial charge in [-0.3, -0.25) is 9.59 Å². The van der Waals surface area contributed by atoms with Gasteiger partial charge in [0.1, 0.15) is 5.82 Å². The summed E-state index contributed by atoms with van der Waals surface area (Å²) in [6, 6.07) is 0.0727. The highest BCUT2D eigenvalue weighted by molar-refractivity contribution is 5.90. The molecule has 0 aliphatic heterocycles. The Hall–Kier alpha value is -2.24. The third-order valence-corrected chi connectivity index (χ3v) is 3.57. The van der Waals surface area contributed by atoms with E-state index < -0.39 is 0 Å². The summed E-state index contributed by atoms with van der Waals surface area (Å²) < 4.78 is 0. The van der Waals surface area contributed by atoms with Gasteiger partial charge in [-0.15, -0.1) is 0 Å². The van der Waals surface area contributed by atoms with E-state index in [1.165, 1.54) is 11.0 Å². The standard InChI is InChI=1S/C15H20N4O2/c1-4-15(21)19(3)9-14(20)18-12-5-6-13-11(7-12)8-16-10(2)17-13/h4,8,12H,1,5-7,9H2,2-3H3,(H,18,20). The van der Waals surface area contributed by atoms with Gasteiger partial charge in [-0.1, -0.05) is 6.58 Å². The first-order chi connectivity index (χ1) is 9.99. The van der Waals surface area contributed by atoms with Gasteiger partial charge in [-0.2, -0.15) is 0 Å². The molecule has 6 heteroatoms. The van der Waals surface area contributed by atoms with Gasteiger partial charge in [-0.25, -0.2) is 9.97 Å². The zero-order valence-electron chi connectivity index (χ0n) is 12.4. The number of likely N-dealkylation sites (N-methyl/N-ethyl adjacent to an activating group) is 1. The molecule has 6 nitrogen and oxygen atoms in total. The summed E-state index contributed by atoms with van der Waals surface area (Å²) in [6.07, 6.45) is 5.47. The number of aromatic nitrogens is 2. The minimum atomic E-state index is -0.261. The highest BCUT2D eigenvalue weighted by Crippen LogP contribution is 2.19. The number of aryl methyl sites for hydroxylation is 2. The van der Waals surface area contributed by atoms with E-state index in [4.69, 9.17) is 0 Å². The molecule has 21 heavy (non-hydrogen) atoms. The summed E-state index contributed by atoms with van der Waals surface area (Å²) in [4.78, 5) is 33.2. The maximum absolute atomic E-state index is 11.9. The first kappa shape index (κ1) is 15.2. The number of rotatable bonds is 4. The van der Waals surface area contributed by atoms with Crippen molar-refractivity contribution in [3.8, 4) is 0 Å². The van der Waals surface area contributed by atoms with Gasteiger partial charge in [0.05, 0.1) is 6.54 Å². The van der Waals surface area contributed by atoms with Crippen LogP contribution in [0.3, 0.4) is 0 Å². The van der Waals surface area contributed by atoms with Crippen LogP contribution in [0.2, 0.25) is 0 Å². The lowest BCUT2D eigenvalue weighted by atomic mass is 9.93. The molecule has 2 amide bonds. The quantitative estimate of drug-likeness (QED) is 0.814. The lowest BCUT2D eigenvalue weighted by molar-refractivity contribution is -0.131. The van der Waals surface area contributed by atoms with Crippen LogP contribution in [-0.4, -0.2) is 46.3 Å². The molecule has 0 saturated carbocycles. The Labute approximate surface area is 124 Å². The Morgan fingerprint density at radius 1 is 1.57 bits per heavy atom. The monoisotopic (exact) mass is 288 g/mol. The van der Waals surface area contributed by atoms with Crippen LogP contribution in [0, 0.1) is 6.92 Å². The highest BCUT2D eigenvalue weighted by Gasteiger charge is 2.22. The fourth-order valence-electron chi connectivity index (χ4n) is 2.45. The first-order valence-corrected chi connectivity index (χ1v) is 6.98. The smallest absolute Gasteiger partial charge is 0.246 e. The van der Waals surface area contributed by atoms with Gasteiger partial charge in [-0.05, 0) is 37.8 Å². The highest BCUT2D eigenvalue weighted by atomic mass is 16.2. The lowest BCUT2D eigenvalue weighted by Gasteiger charge is -2.25. The van der Waals surface area contributed by atoms with E-state index in [1.807, 2.05) is 13.1 Å². The molecule has 1 aromatic rings. The van der Waals surface area contributed by atoms with Crippen LogP contribution < -0.4 is 5.32 Å². The van der Waals surface area contributed by atoms with Crippen molar-refractivity contribution < 1.29 is 9.59 Å². The molecule has 1 atom stereocenters. The normalized spacial score (nSPS) is 16.8. The topological polar surface area (TPSA) is 75.2 Å². The Morgan fingerprint density at radius 3 is 3.05 bits per heavy atom. The zero-order valence-corrected chi connectivity index (χ0v) is 12.4. The summed E-state index contributed by atoms with van der Waals surface area (Å²) >= 11 is 0. The summed E-state index contributed by atoms with van der Waals surface area (Å²) in [5.74, 6) is 0.359. The number of carbonyl (C=O) groups excluding carboxylic acids is 2. The predicted molar refractivity (Wildman–Crippen MR) is 78.6 cm³/mol. The van der Waals surface area contributed by atoms with Gasteiger partial charge in [0.15, 0.2) is 0 Å². The Bertz CT molecular complexity index is 571. The van der Waals surface area contributed by atoms with Crippen LogP contribution in [0.4, 0.5) is 0 Å². The van der Waals surface area contributed by atoms with Crippen LogP contribution in [0.25, 0.3) is 0 Å². The molecule has 0 saturated heterocycles. The molecule has 0 fully saturated rings. The largest absolute Gasteiger partial charge is 0.351 e. The van der Waals surface area contributed by atoms with Crippen LogP contribution >= 0.6 is 0 Å². The first-order valence-electron chi connectivity index (χ1n) is 6.98. The van der Waals surface area contributed by atoms with E-state index in [0.29, 0.717) is 0 Å². The van der Waals surface area contributed by atoms with Gasteiger partial charge in [0.25, 0.3) is 0 Å². The molecule has 1 N–H and O–H groups in total. The zero-order chi connectivity index (χ0) is 15.4. The molecule has 1 aliphatic rings. The van der Waals surface area contributed by atoms with Crippen LogP contribution in [0.15, 0.2) is 18.9 Å². The fraction of sp³-hybridized carbons (Fsp3) is 0.467. The number of fused-ring (bicyclic) bond motifs is 1. The van der Waals surface area contributed by atoms with Gasteiger partial charge >= 0.3 is 0 Å². The molecule has 1 heterocycles. The van der Waals surface area contributed by atoms with E-state index in [0.717, 1.165) is 36.3 Å². The van der Waals surface area contributed by atoms with Crippen molar-refractivity contribution >= 4 is 11.8 Å². The Morgan fingerprint density at radius 2 is 2.33 bits per heavy atom. The number of hydrogen-bond acceptors (Lipinski definition) is 4. The van der Waals surface area contributed by atoms with Crippen molar-refractivity contribution in [2.75, 3.05) is 13.6 Å². The molecule has 2 rings (SSSR count). The molecule has 0 aromatic carbocycles. The predicted octanol–water partition coefficient (Wildman–Crippen LogP) is 0.403. The van der Waals surface area contributed by atoms with Gasteiger partial charge in [0, 0.05) is 25.0 Å². The van der Waals surface area contributed by atoms with Crippen molar-refractivity contribution in [3.05, 3.63) is 35.9 Å². The van der Waals surface area contributed by atoms with Crippen molar-refractivity contribution in [2.45, 2.75) is 32.2 Å². The maximum atomic E-state index is 11.9. The van der Waals surface area contributed by atoms with Crippen molar-refractivity contribution in [1.29, 1.82) is 0 Å². The molecule has 0 radical (unpaired) electrons. The van der Waals surface area contributed by atoms with E-state index in [9.17, 15) is 9.59 Å². The molecule has 1 unspecified atom stereocenters. The van der Waals surface area contributed by atoms with Crippen molar-refractivity contribution in [2.24, 2.45) is 0 Å². The average Bonchev–Trinajstić information content (AvgIpc) is 2.46. The van der Waals surface area contributed by atoms with Gasteiger partial charge < -0.3 is 10.2 Å². The van der Waals surface area contributed by atoms with Crippen molar-refractivity contribution in [3.63, 3.8) is 0 Å². The minimum absolute atomic E-state index is 0.0403. The van der Waals surface area contributed by atoms with Crippen LogP contribution in [-0.2, 0) is 22.4 Å². The maximum Gasteiger partial charge on any atom is 0.246 e. The second kappa shape index (κ2) is 6.47. The van der Waals surface area contributed by atoms with Gasteiger partial charge in [0.2, 0.25) is 11.8 Å². The van der Waals surface area contributed by atoms with Crippen molar-refractivity contribution in [1.82, 2.24) is 20.2 Å². The minimum Gasteiger partial charge on any atom is -0.351 e. The van der Waals surface area contributed by atoms with E-state index >= 15 is 0 Å². The molecule has 1 aromatic heterocycles. The summed E-state index contributed by atoms with van der Waals surface area (Å²) in [6.45, 7) is 5.32. The molecule has 0 spiro atoms. The van der Waals surface area contributed by atoms with E-state index in [2.05, 4.69) is 21.9 Å². The van der Waals surface area contributed by atoms with E-state index in [-0.39, 0.29) is 24.4 Å². The van der Waals surface area contributed by atoms with E-state index in [1.54, 1.807) is 7.05 Å². The molecular weight excluding hydrogens is 268 g/mol. The fourth-order valence-corrected chi connectivity index (χ4v) is 2.45. The molecule has 112 valence electrons. The number of hydrogen-bond donors (Lipinski definition) is 1.